The minimum Gasteiger partial charge on any atom is -0.744 e. The van der Waals surface area contributed by atoms with Crippen LogP contribution in [0.3, 0.4) is 0 Å². The van der Waals surface area contributed by atoms with Crippen LogP contribution in [0.2, 0.25) is 0 Å². The van der Waals surface area contributed by atoms with Crippen LogP contribution in [0, 0.1) is 6.92 Å². The summed E-state index contributed by atoms with van der Waals surface area (Å²) >= 11 is 0. The van der Waals surface area contributed by atoms with E-state index in [1.807, 2.05) is 0 Å². The van der Waals surface area contributed by atoms with Gasteiger partial charge in [0, 0.05) is 10.8 Å². The van der Waals surface area contributed by atoms with E-state index >= 15 is 0 Å². The fraction of sp³-hybridized carbons (Fsp3) is 0.0625. The molecule has 5 aromatic carbocycles. The molecule has 6 aromatic rings. The summed E-state index contributed by atoms with van der Waals surface area (Å²) in [6, 6.07) is 13.6. The topological polar surface area (TPSA) is 319 Å². The first-order valence-electron chi connectivity index (χ1n) is 15.0. The van der Waals surface area contributed by atoms with Crippen LogP contribution < -0.4 is 129 Å². The van der Waals surface area contributed by atoms with Crippen molar-refractivity contribution >= 4 is 91.5 Å². The van der Waals surface area contributed by atoms with Gasteiger partial charge in [0.25, 0.3) is 0 Å². The summed E-state index contributed by atoms with van der Waals surface area (Å²) in [6.07, 6.45) is 2.15. The van der Waals surface area contributed by atoms with Crippen LogP contribution in [0.25, 0.3) is 39.6 Å². The van der Waals surface area contributed by atoms with E-state index in [2.05, 4.69) is 20.4 Å². The molecule has 0 atom stereocenters. The molecule has 1 aromatic heterocycles. The Morgan fingerprint density at radius 3 is 1.78 bits per heavy atom. The summed E-state index contributed by atoms with van der Waals surface area (Å²) in [4.78, 5) is -2.80. The summed E-state index contributed by atoms with van der Waals surface area (Å²) in [5, 5.41) is 15.9. The number of nitrogen functional groups attached to an aromatic ring is 1. The number of nitrogens with two attached hydrogens (primary N) is 1. The number of azo groups is 1. The van der Waals surface area contributed by atoms with Gasteiger partial charge in [-0.25, -0.2) is 33.7 Å². The fourth-order valence-electron chi connectivity index (χ4n) is 5.47. The van der Waals surface area contributed by atoms with Crippen molar-refractivity contribution in [3.05, 3.63) is 89.5 Å². The molecule has 286 valence electrons. The number of ether oxygens (including phenoxy) is 1. The third kappa shape index (κ3) is 11.9. The molecule has 1 heterocycles. The number of aryl methyl sites for hydroxylation is 1. The van der Waals surface area contributed by atoms with Crippen molar-refractivity contribution in [2.24, 2.45) is 10.2 Å². The first kappa shape index (κ1) is 53.5. The molecule has 27 heteroatoms. The van der Waals surface area contributed by atoms with Gasteiger partial charge in [-0.3, -0.25) is 0 Å². The van der Waals surface area contributed by atoms with Crippen LogP contribution in [-0.2, 0) is 40.5 Å². The number of hydrogen-bond acceptors (Lipinski definition) is 18. The Morgan fingerprint density at radius 2 is 1.22 bits per heavy atom. The van der Waals surface area contributed by atoms with Crippen molar-refractivity contribution in [2.75, 3.05) is 12.8 Å². The molecule has 0 spiro atoms. The number of anilines is 1. The molecule has 0 fully saturated rings. The maximum Gasteiger partial charge on any atom is 1.00 e. The summed E-state index contributed by atoms with van der Waals surface area (Å²) in [5.74, 6) is 0.222. The van der Waals surface area contributed by atoms with E-state index in [-0.39, 0.29) is 180 Å². The molecular weight excluding hydrogens is 897 g/mol. The van der Waals surface area contributed by atoms with Gasteiger partial charge in [0.15, 0.2) is 5.75 Å². The SMILES string of the molecule is COc1c(N)ccc(C)c1N=Nc1ccc(/C=C/c2ccc(-n3nc4ccc5c(S(=O)(=O)[O-])cc(S(=O)(=O)[O-])cc5c4n3)cc2S(=O)(=O)[O-])c(S(=O)(=O)[O-])c1.[Na+].[Na+].[Na+].[Na+]. The van der Waals surface area contributed by atoms with E-state index in [9.17, 15) is 51.9 Å². The average Bonchev–Trinajstić information content (AvgIpc) is 3.54. The van der Waals surface area contributed by atoms with Crippen LogP contribution in [0.15, 0.2) is 103 Å². The third-order valence-corrected chi connectivity index (χ3v) is 11.5. The fourth-order valence-corrected chi connectivity index (χ4v) is 8.17. The zero-order valence-electron chi connectivity index (χ0n) is 31.8. The third-order valence-electron chi connectivity index (χ3n) is 8.02. The maximum absolute atomic E-state index is 12.4. The van der Waals surface area contributed by atoms with Crippen LogP contribution in [-0.4, -0.2) is 74.0 Å². The molecule has 0 unspecified atom stereocenters. The van der Waals surface area contributed by atoms with E-state index in [0.29, 0.717) is 11.6 Å². The van der Waals surface area contributed by atoms with E-state index in [1.54, 1.807) is 19.1 Å². The Bertz CT molecular complexity index is 3130. The smallest absolute Gasteiger partial charge is 0.744 e. The number of methoxy groups -OCH3 is 1. The summed E-state index contributed by atoms with van der Waals surface area (Å²) in [6.45, 7) is 1.71. The quantitative estimate of drug-likeness (QED) is 0.0439. The number of benzene rings is 5. The molecule has 59 heavy (non-hydrogen) atoms. The molecule has 0 aliphatic rings. The predicted octanol–water partition coefficient (Wildman–Crippen LogP) is -8.31. The Balaban J connectivity index is 0.00000300. The second-order valence-electron chi connectivity index (χ2n) is 11.6. The zero-order chi connectivity index (χ0) is 40.2. The normalized spacial score (nSPS) is 12.2. The van der Waals surface area contributed by atoms with E-state index in [1.165, 1.54) is 31.4 Å². The largest absolute Gasteiger partial charge is 1.00 e. The summed E-state index contributed by atoms with van der Waals surface area (Å²) < 4.78 is 150. The van der Waals surface area contributed by atoms with Gasteiger partial charge in [0.1, 0.15) is 57.2 Å². The number of nitrogens with zero attached hydrogens (tertiary/aromatic N) is 5. The van der Waals surface area contributed by atoms with Crippen molar-refractivity contribution in [1.82, 2.24) is 15.0 Å². The first-order chi connectivity index (χ1) is 25.6. The summed E-state index contributed by atoms with van der Waals surface area (Å²) in [7, 11) is -19.6. The Kier molecular flexibility index (Phi) is 18.3. The van der Waals surface area contributed by atoms with Crippen LogP contribution in [0.1, 0.15) is 16.7 Å². The standard InChI is InChI=1S/C32H26N6O13S4.4Na/c1-17-3-11-25(33)32(51-2)30(17)35-34-20-8-6-18(27(13-20)53(42,43)44)4-5-19-7-9-21(14-28(19)54(45,46)47)38-36-26-12-10-23-24(31(26)37-38)15-22(52(39,40)41)16-29(23)55(48,49)50;;;;/h3-16H,33H2,1-2H3,(H,39,40,41)(H,42,43,44)(H,45,46,47)(H,48,49,50);;;;/q;4*+1/p-4/b5-4+,35-34?;;;;. The molecular formula is C32H22N6Na4O13S4. The van der Waals surface area contributed by atoms with Crippen molar-refractivity contribution in [2.45, 2.75) is 26.5 Å². The maximum atomic E-state index is 12.4. The number of hydrogen-bond donors (Lipinski definition) is 1. The molecule has 0 aliphatic carbocycles. The van der Waals surface area contributed by atoms with Gasteiger partial charge >= 0.3 is 118 Å². The molecule has 0 saturated heterocycles. The van der Waals surface area contributed by atoms with Crippen LogP contribution in [0.5, 0.6) is 5.75 Å². The van der Waals surface area contributed by atoms with Crippen molar-refractivity contribution in [3.63, 3.8) is 0 Å². The minimum absolute atomic E-state index is 0. The number of fused-ring (bicyclic) bond motifs is 3. The summed E-state index contributed by atoms with van der Waals surface area (Å²) in [5.41, 5.74) is 6.22. The Labute approximate surface area is 426 Å². The Morgan fingerprint density at radius 1 is 0.644 bits per heavy atom. The molecule has 0 radical (unpaired) electrons. The zero-order valence-corrected chi connectivity index (χ0v) is 43.1. The number of rotatable bonds is 10. The second kappa shape index (κ2) is 20.2. The van der Waals surface area contributed by atoms with Gasteiger partial charge in [0.05, 0.1) is 43.8 Å². The molecule has 0 bridgehead atoms. The molecule has 0 saturated carbocycles. The van der Waals surface area contributed by atoms with E-state index in [0.717, 1.165) is 47.3 Å². The molecule has 0 aliphatic heterocycles. The van der Waals surface area contributed by atoms with Gasteiger partial charge in [-0.15, -0.1) is 15.3 Å². The molecule has 19 nitrogen and oxygen atoms in total. The minimum atomic E-state index is -5.29. The van der Waals surface area contributed by atoms with Gasteiger partial charge < -0.3 is 28.7 Å². The van der Waals surface area contributed by atoms with E-state index < -0.39 is 60.1 Å². The monoisotopic (exact) mass is 918 g/mol. The van der Waals surface area contributed by atoms with Crippen molar-refractivity contribution < 1.29 is 175 Å². The Hall–Kier alpha value is -1.66. The van der Waals surface area contributed by atoms with E-state index in [4.69, 9.17) is 10.5 Å². The predicted molar refractivity (Wildman–Crippen MR) is 190 cm³/mol. The molecule has 6 rings (SSSR count). The number of aromatic nitrogens is 3. The molecule has 0 amide bonds. The molecule has 2 N–H and O–H groups in total. The second-order valence-corrected chi connectivity index (χ2v) is 17.0. The van der Waals surface area contributed by atoms with Crippen molar-refractivity contribution in [3.8, 4) is 11.4 Å². The average molecular weight is 919 g/mol. The van der Waals surface area contributed by atoms with Gasteiger partial charge in [-0.05, 0) is 72.1 Å². The van der Waals surface area contributed by atoms with Crippen LogP contribution in [0.4, 0.5) is 17.1 Å². The first-order valence-corrected chi connectivity index (χ1v) is 20.7. The van der Waals surface area contributed by atoms with Gasteiger partial charge in [0.2, 0.25) is 0 Å². The van der Waals surface area contributed by atoms with Gasteiger partial charge in [-0.1, -0.05) is 36.4 Å². The van der Waals surface area contributed by atoms with Gasteiger partial charge in [-0.2, -0.15) is 9.91 Å². The van der Waals surface area contributed by atoms with Crippen LogP contribution >= 0.6 is 0 Å². The van der Waals surface area contributed by atoms with Crippen molar-refractivity contribution in [1.29, 1.82) is 0 Å².